The van der Waals surface area contributed by atoms with Gasteiger partial charge in [0.15, 0.2) is 6.10 Å². The van der Waals surface area contributed by atoms with E-state index >= 15 is 0 Å². The van der Waals surface area contributed by atoms with Crippen LogP contribution in [0, 0.1) is 12.7 Å². The molecule has 5 nitrogen and oxygen atoms in total. The van der Waals surface area contributed by atoms with Crippen molar-refractivity contribution < 1.29 is 19.4 Å². The van der Waals surface area contributed by atoms with Crippen molar-refractivity contribution in [3.8, 4) is 0 Å². The third-order valence-corrected chi connectivity index (χ3v) is 1.94. The molecule has 0 aliphatic rings. The van der Waals surface area contributed by atoms with E-state index in [1.165, 1.54) is 13.0 Å². The number of rotatable bonds is 3. The van der Waals surface area contributed by atoms with Gasteiger partial charge < -0.3 is 15.9 Å². The number of aliphatic hydroxyl groups is 2. The molecule has 0 radical (unpaired) electrons. The molecule has 2 atom stereocenters. The summed E-state index contributed by atoms with van der Waals surface area (Å²) in [5.74, 6) is -1.59. The van der Waals surface area contributed by atoms with Gasteiger partial charge in [-0.05, 0) is 19.1 Å². The Morgan fingerprint density at radius 3 is 2.60 bits per heavy atom. The van der Waals surface area contributed by atoms with Gasteiger partial charge in [0.2, 0.25) is 5.91 Å². The Kier molecular flexibility index (Phi) is 3.33. The summed E-state index contributed by atoms with van der Waals surface area (Å²) in [6.07, 6.45) is -3.29. The topological polar surface area (TPSA) is 96.4 Å². The van der Waals surface area contributed by atoms with Crippen molar-refractivity contribution in [3.05, 3.63) is 29.3 Å². The Hall–Kier alpha value is -1.53. The molecule has 0 aliphatic heterocycles. The fraction of sp³-hybridized carbons (Fsp3) is 0.333. The van der Waals surface area contributed by atoms with Gasteiger partial charge in [0.1, 0.15) is 11.9 Å². The molecule has 0 spiro atoms. The molecule has 1 aromatic rings. The lowest BCUT2D eigenvalue weighted by Crippen LogP contribution is -2.34. The lowest BCUT2D eigenvalue weighted by Gasteiger charge is -2.14. The van der Waals surface area contributed by atoms with Gasteiger partial charge in [-0.2, -0.15) is 0 Å². The predicted octanol–water partition coefficient (Wildman–Crippen LogP) is -0.591. The smallest absolute Gasteiger partial charge is 0.249 e. The van der Waals surface area contributed by atoms with Crippen LogP contribution in [0.2, 0.25) is 0 Å². The number of aryl methyl sites for hydroxylation is 1. The van der Waals surface area contributed by atoms with Crippen molar-refractivity contribution in [1.29, 1.82) is 0 Å². The van der Waals surface area contributed by atoms with Gasteiger partial charge in [0, 0.05) is 0 Å². The first-order chi connectivity index (χ1) is 6.93. The highest BCUT2D eigenvalue weighted by Gasteiger charge is 2.24. The summed E-state index contributed by atoms with van der Waals surface area (Å²) < 4.78 is 12.8. The molecule has 0 aromatic carbocycles. The molecule has 1 aromatic heterocycles. The number of aliphatic hydroxyl groups excluding tert-OH is 2. The van der Waals surface area contributed by atoms with Crippen LogP contribution in [0.1, 0.15) is 17.5 Å². The van der Waals surface area contributed by atoms with E-state index in [0.717, 1.165) is 6.07 Å². The summed E-state index contributed by atoms with van der Waals surface area (Å²) in [6, 6.07) is 2.27. The molecule has 0 saturated heterocycles. The molecule has 82 valence electrons. The number of carbonyl (C=O) groups excluding carboxylic acids is 1. The Morgan fingerprint density at radius 1 is 1.53 bits per heavy atom. The monoisotopic (exact) mass is 214 g/mol. The first-order valence-electron chi connectivity index (χ1n) is 4.22. The van der Waals surface area contributed by atoms with Gasteiger partial charge in [-0.3, -0.25) is 9.78 Å². The van der Waals surface area contributed by atoms with Gasteiger partial charge in [-0.15, -0.1) is 0 Å². The summed E-state index contributed by atoms with van der Waals surface area (Å²) in [7, 11) is 0. The molecular weight excluding hydrogens is 203 g/mol. The van der Waals surface area contributed by atoms with Crippen LogP contribution in [-0.4, -0.2) is 27.2 Å². The van der Waals surface area contributed by atoms with Gasteiger partial charge in [0.25, 0.3) is 0 Å². The number of hydrogen-bond acceptors (Lipinski definition) is 4. The zero-order valence-electron chi connectivity index (χ0n) is 8.01. The van der Waals surface area contributed by atoms with Crippen molar-refractivity contribution in [3.63, 3.8) is 0 Å². The molecule has 1 amide bonds. The quantitative estimate of drug-likeness (QED) is 0.626. The largest absolute Gasteiger partial charge is 0.384 e. The third-order valence-electron chi connectivity index (χ3n) is 1.94. The molecule has 0 fully saturated rings. The molecule has 2 unspecified atom stereocenters. The van der Waals surface area contributed by atoms with Gasteiger partial charge in [-0.1, -0.05) is 0 Å². The molecule has 4 N–H and O–H groups in total. The van der Waals surface area contributed by atoms with Gasteiger partial charge in [0.05, 0.1) is 11.4 Å². The lowest BCUT2D eigenvalue weighted by atomic mass is 10.1. The second-order valence-electron chi connectivity index (χ2n) is 3.10. The second-order valence-corrected chi connectivity index (χ2v) is 3.10. The molecule has 0 aliphatic carbocycles. The van der Waals surface area contributed by atoms with Crippen LogP contribution in [0.3, 0.4) is 0 Å². The molecule has 6 heteroatoms. The van der Waals surface area contributed by atoms with Crippen LogP contribution in [0.4, 0.5) is 4.39 Å². The van der Waals surface area contributed by atoms with E-state index in [1.54, 1.807) is 0 Å². The Bertz CT molecular complexity index is 384. The van der Waals surface area contributed by atoms with Crippen molar-refractivity contribution >= 4 is 5.91 Å². The van der Waals surface area contributed by atoms with E-state index in [4.69, 9.17) is 10.8 Å². The summed E-state index contributed by atoms with van der Waals surface area (Å²) >= 11 is 0. The third kappa shape index (κ3) is 2.48. The van der Waals surface area contributed by atoms with Crippen molar-refractivity contribution in [2.24, 2.45) is 5.73 Å². The van der Waals surface area contributed by atoms with Crippen LogP contribution in [0.15, 0.2) is 12.1 Å². The summed E-state index contributed by atoms with van der Waals surface area (Å²) in [4.78, 5) is 14.3. The number of nitrogens with zero attached hydrogens (tertiary/aromatic N) is 1. The maximum atomic E-state index is 12.8. The maximum absolute atomic E-state index is 12.8. The van der Waals surface area contributed by atoms with Crippen molar-refractivity contribution in [2.75, 3.05) is 0 Å². The number of hydrogen-bond donors (Lipinski definition) is 3. The van der Waals surface area contributed by atoms with E-state index in [9.17, 15) is 14.3 Å². The fourth-order valence-electron chi connectivity index (χ4n) is 1.05. The normalized spacial score (nSPS) is 14.7. The number of nitrogens with two attached hydrogens (primary N) is 1. The van der Waals surface area contributed by atoms with Gasteiger partial charge in [-0.25, -0.2) is 4.39 Å². The molecule has 1 heterocycles. The summed E-state index contributed by atoms with van der Waals surface area (Å²) in [5.41, 5.74) is 4.86. The Balaban J connectivity index is 2.96. The molecule has 0 bridgehead atoms. The number of aromatic nitrogens is 1. The SMILES string of the molecule is Cc1nc(C(O)C(O)C(N)=O)ccc1F. The zero-order valence-corrected chi connectivity index (χ0v) is 8.01. The average Bonchev–Trinajstić information content (AvgIpc) is 2.19. The number of amides is 1. The maximum Gasteiger partial charge on any atom is 0.249 e. The van der Waals surface area contributed by atoms with E-state index in [1.807, 2.05) is 0 Å². The number of carbonyl (C=O) groups is 1. The average molecular weight is 214 g/mol. The van der Waals surface area contributed by atoms with Crippen LogP contribution in [0.25, 0.3) is 0 Å². The van der Waals surface area contributed by atoms with Crippen LogP contribution < -0.4 is 5.73 Å². The Morgan fingerprint density at radius 2 is 2.13 bits per heavy atom. The fourth-order valence-corrected chi connectivity index (χ4v) is 1.05. The zero-order chi connectivity index (χ0) is 11.6. The predicted molar refractivity (Wildman–Crippen MR) is 49.1 cm³/mol. The summed E-state index contributed by atoms with van der Waals surface area (Å²) in [5, 5.41) is 18.6. The molecule has 1 rings (SSSR count). The van der Waals surface area contributed by atoms with Crippen LogP contribution >= 0.6 is 0 Å². The van der Waals surface area contributed by atoms with Crippen molar-refractivity contribution in [1.82, 2.24) is 4.98 Å². The minimum Gasteiger partial charge on any atom is -0.384 e. The highest BCUT2D eigenvalue weighted by atomic mass is 19.1. The minimum atomic E-state index is -1.75. The number of pyridine rings is 1. The van der Waals surface area contributed by atoms with E-state index in [2.05, 4.69) is 4.98 Å². The molecule has 0 saturated carbocycles. The Labute approximate surface area is 85.4 Å². The number of halogens is 1. The summed E-state index contributed by atoms with van der Waals surface area (Å²) in [6.45, 7) is 1.40. The first kappa shape index (κ1) is 11.5. The van der Waals surface area contributed by atoms with E-state index in [-0.39, 0.29) is 11.4 Å². The van der Waals surface area contributed by atoms with Crippen LogP contribution in [-0.2, 0) is 4.79 Å². The highest BCUT2D eigenvalue weighted by Crippen LogP contribution is 2.16. The second kappa shape index (κ2) is 4.33. The van der Waals surface area contributed by atoms with Crippen LogP contribution in [0.5, 0.6) is 0 Å². The standard InChI is InChI=1S/C9H11FN2O3/c1-4-5(10)2-3-6(12-4)7(13)8(14)9(11)15/h2-3,7-8,13-14H,1H3,(H2,11,15). The number of primary amides is 1. The van der Waals surface area contributed by atoms with E-state index < -0.39 is 23.9 Å². The van der Waals surface area contributed by atoms with Gasteiger partial charge >= 0.3 is 0 Å². The molecule has 15 heavy (non-hydrogen) atoms. The first-order valence-corrected chi connectivity index (χ1v) is 4.22. The molecular formula is C9H11FN2O3. The minimum absolute atomic E-state index is 0.000185. The van der Waals surface area contributed by atoms with E-state index in [0.29, 0.717) is 0 Å². The van der Waals surface area contributed by atoms with Crippen molar-refractivity contribution in [2.45, 2.75) is 19.1 Å². The lowest BCUT2D eigenvalue weighted by molar-refractivity contribution is -0.132. The highest BCUT2D eigenvalue weighted by molar-refractivity contribution is 5.79.